The van der Waals surface area contributed by atoms with E-state index in [1.54, 1.807) is 7.11 Å². The minimum Gasteiger partial charge on any atom is -0.496 e. The van der Waals surface area contributed by atoms with Crippen molar-refractivity contribution in [2.45, 2.75) is 33.1 Å². The lowest BCUT2D eigenvalue weighted by Crippen LogP contribution is -1.93. The number of methoxy groups -OCH3 is 1. The number of benzene rings is 1. The van der Waals surface area contributed by atoms with Gasteiger partial charge in [-0.15, -0.1) is 0 Å². The summed E-state index contributed by atoms with van der Waals surface area (Å²) in [7, 11) is 1.67. The van der Waals surface area contributed by atoms with Gasteiger partial charge in [-0.3, -0.25) is 0 Å². The number of ether oxygens (including phenoxy) is 1. The van der Waals surface area contributed by atoms with Crippen molar-refractivity contribution in [3.63, 3.8) is 0 Å². The van der Waals surface area contributed by atoms with Crippen LogP contribution >= 0.6 is 0 Å². The SMILES string of the molecule is CCCCc1noc(N)c1-c1ccc(OC)c(C)c1. The molecule has 1 aromatic heterocycles. The Morgan fingerprint density at radius 3 is 2.79 bits per heavy atom. The van der Waals surface area contributed by atoms with E-state index >= 15 is 0 Å². The van der Waals surface area contributed by atoms with Crippen molar-refractivity contribution in [1.82, 2.24) is 5.16 Å². The molecule has 0 saturated heterocycles. The Balaban J connectivity index is 2.40. The van der Waals surface area contributed by atoms with Crippen molar-refractivity contribution in [2.75, 3.05) is 12.8 Å². The third-order valence-corrected chi connectivity index (χ3v) is 3.24. The van der Waals surface area contributed by atoms with Crippen LogP contribution in [0.4, 0.5) is 5.88 Å². The Kier molecular flexibility index (Phi) is 4.10. The van der Waals surface area contributed by atoms with E-state index in [0.29, 0.717) is 5.88 Å². The largest absolute Gasteiger partial charge is 0.496 e. The van der Waals surface area contributed by atoms with E-state index in [9.17, 15) is 0 Å². The zero-order valence-electron chi connectivity index (χ0n) is 11.7. The molecule has 0 fully saturated rings. The molecule has 19 heavy (non-hydrogen) atoms. The lowest BCUT2D eigenvalue weighted by molar-refractivity contribution is 0.412. The first-order valence-electron chi connectivity index (χ1n) is 6.56. The van der Waals surface area contributed by atoms with Gasteiger partial charge in [0, 0.05) is 0 Å². The maximum absolute atomic E-state index is 5.91. The molecule has 0 aliphatic heterocycles. The first-order chi connectivity index (χ1) is 9.17. The van der Waals surface area contributed by atoms with Gasteiger partial charge in [0.2, 0.25) is 5.88 Å². The number of nitrogen functional groups attached to an aromatic ring is 1. The molecule has 1 aromatic carbocycles. The van der Waals surface area contributed by atoms with Crippen LogP contribution < -0.4 is 10.5 Å². The molecule has 0 radical (unpaired) electrons. The third-order valence-electron chi connectivity index (χ3n) is 3.24. The van der Waals surface area contributed by atoms with Gasteiger partial charge in [-0.05, 0) is 43.0 Å². The number of rotatable bonds is 5. The third kappa shape index (κ3) is 2.72. The number of nitrogens with zero attached hydrogens (tertiary/aromatic N) is 1. The van der Waals surface area contributed by atoms with Gasteiger partial charge in [-0.25, -0.2) is 0 Å². The average Bonchev–Trinajstić information content (AvgIpc) is 2.77. The second-order valence-corrected chi connectivity index (χ2v) is 4.66. The number of aryl methyl sites for hydroxylation is 2. The number of hydrogen-bond donors (Lipinski definition) is 1. The summed E-state index contributed by atoms with van der Waals surface area (Å²) in [5.41, 5.74) is 9.86. The number of nitrogens with two attached hydrogens (primary N) is 1. The molecule has 4 heteroatoms. The van der Waals surface area contributed by atoms with Gasteiger partial charge in [0.05, 0.1) is 18.4 Å². The molecule has 2 N–H and O–H groups in total. The van der Waals surface area contributed by atoms with E-state index in [4.69, 9.17) is 15.0 Å². The van der Waals surface area contributed by atoms with Crippen molar-refractivity contribution in [3.05, 3.63) is 29.5 Å². The second kappa shape index (κ2) is 5.78. The minimum absolute atomic E-state index is 0.385. The highest BCUT2D eigenvalue weighted by molar-refractivity contribution is 5.76. The molecule has 0 unspecified atom stereocenters. The molecule has 2 aromatic rings. The van der Waals surface area contributed by atoms with E-state index in [1.807, 2.05) is 19.1 Å². The minimum atomic E-state index is 0.385. The first-order valence-corrected chi connectivity index (χ1v) is 6.56. The van der Waals surface area contributed by atoms with E-state index in [0.717, 1.165) is 47.4 Å². The van der Waals surface area contributed by atoms with Crippen molar-refractivity contribution in [3.8, 4) is 16.9 Å². The molecular weight excluding hydrogens is 240 g/mol. The maximum atomic E-state index is 5.91. The van der Waals surface area contributed by atoms with E-state index in [2.05, 4.69) is 18.1 Å². The van der Waals surface area contributed by atoms with Crippen LogP contribution in [-0.2, 0) is 6.42 Å². The highest BCUT2D eigenvalue weighted by Crippen LogP contribution is 2.33. The maximum Gasteiger partial charge on any atom is 0.230 e. The number of unbranched alkanes of at least 4 members (excludes halogenated alkanes) is 1. The molecule has 102 valence electrons. The summed E-state index contributed by atoms with van der Waals surface area (Å²) in [5, 5.41) is 4.07. The topological polar surface area (TPSA) is 61.3 Å². The number of aromatic nitrogens is 1. The van der Waals surface area contributed by atoms with Crippen molar-refractivity contribution < 1.29 is 9.26 Å². The summed E-state index contributed by atoms with van der Waals surface area (Å²) in [6.45, 7) is 4.17. The first kappa shape index (κ1) is 13.5. The number of anilines is 1. The highest BCUT2D eigenvalue weighted by Gasteiger charge is 2.16. The lowest BCUT2D eigenvalue weighted by Gasteiger charge is -2.07. The highest BCUT2D eigenvalue weighted by atomic mass is 16.5. The van der Waals surface area contributed by atoms with Crippen LogP contribution in [0.5, 0.6) is 5.75 Å². The van der Waals surface area contributed by atoms with Crippen molar-refractivity contribution >= 4 is 5.88 Å². The predicted molar refractivity (Wildman–Crippen MR) is 76.3 cm³/mol. The summed E-state index contributed by atoms with van der Waals surface area (Å²) < 4.78 is 10.4. The van der Waals surface area contributed by atoms with Crippen LogP contribution in [0, 0.1) is 6.92 Å². The van der Waals surface area contributed by atoms with Crippen LogP contribution in [0.3, 0.4) is 0 Å². The standard InChI is InChI=1S/C15H20N2O2/c1-4-5-6-12-14(15(16)19-17-12)11-7-8-13(18-3)10(2)9-11/h7-9H,4-6,16H2,1-3H3. The molecule has 4 nitrogen and oxygen atoms in total. The molecule has 0 aliphatic carbocycles. The summed E-state index contributed by atoms with van der Waals surface area (Å²) in [6.07, 6.45) is 3.08. The second-order valence-electron chi connectivity index (χ2n) is 4.66. The molecule has 0 spiro atoms. The lowest BCUT2D eigenvalue weighted by atomic mass is 10.0. The van der Waals surface area contributed by atoms with Gasteiger partial charge in [0.15, 0.2) is 0 Å². The summed E-state index contributed by atoms with van der Waals surface area (Å²) in [5.74, 6) is 1.25. The van der Waals surface area contributed by atoms with Gasteiger partial charge in [-0.2, -0.15) is 0 Å². The van der Waals surface area contributed by atoms with Crippen molar-refractivity contribution in [2.24, 2.45) is 0 Å². The quantitative estimate of drug-likeness (QED) is 0.892. The molecule has 1 heterocycles. The van der Waals surface area contributed by atoms with E-state index in [1.165, 1.54) is 0 Å². The molecule has 0 aliphatic rings. The Morgan fingerprint density at radius 2 is 2.16 bits per heavy atom. The van der Waals surface area contributed by atoms with Crippen LogP contribution in [0.2, 0.25) is 0 Å². The zero-order chi connectivity index (χ0) is 13.8. The predicted octanol–water partition coefficient (Wildman–Crippen LogP) is 3.58. The van der Waals surface area contributed by atoms with Gasteiger partial charge in [0.25, 0.3) is 0 Å². The van der Waals surface area contributed by atoms with Crippen LogP contribution in [0.15, 0.2) is 22.7 Å². The van der Waals surface area contributed by atoms with Gasteiger partial charge in [0.1, 0.15) is 5.75 Å². The van der Waals surface area contributed by atoms with Gasteiger partial charge < -0.3 is 15.0 Å². The Bertz CT molecular complexity index is 561. The van der Waals surface area contributed by atoms with Crippen LogP contribution in [-0.4, -0.2) is 12.3 Å². The van der Waals surface area contributed by atoms with Gasteiger partial charge in [-0.1, -0.05) is 24.6 Å². The average molecular weight is 260 g/mol. The van der Waals surface area contributed by atoms with Gasteiger partial charge >= 0.3 is 0 Å². The summed E-state index contributed by atoms with van der Waals surface area (Å²) in [6, 6.07) is 5.99. The fourth-order valence-electron chi connectivity index (χ4n) is 2.20. The molecular formula is C15H20N2O2. The zero-order valence-corrected chi connectivity index (χ0v) is 11.7. The Hall–Kier alpha value is -1.97. The molecule has 2 rings (SSSR count). The summed E-state index contributed by atoms with van der Waals surface area (Å²) in [4.78, 5) is 0. The molecule has 0 atom stereocenters. The van der Waals surface area contributed by atoms with E-state index < -0.39 is 0 Å². The fourth-order valence-corrected chi connectivity index (χ4v) is 2.20. The molecule has 0 saturated carbocycles. The van der Waals surface area contributed by atoms with Crippen molar-refractivity contribution in [1.29, 1.82) is 0 Å². The Morgan fingerprint density at radius 1 is 1.37 bits per heavy atom. The number of hydrogen-bond acceptors (Lipinski definition) is 4. The van der Waals surface area contributed by atoms with Crippen LogP contribution in [0.1, 0.15) is 31.0 Å². The summed E-state index contributed by atoms with van der Waals surface area (Å²) >= 11 is 0. The fraction of sp³-hybridized carbons (Fsp3) is 0.400. The normalized spacial score (nSPS) is 10.7. The van der Waals surface area contributed by atoms with Crippen LogP contribution in [0.25, 0.3) is 11.1 Å². The van der Waals surface area contributed by atoms with E-state index in [-0.39, 0.29) is 0 Å². The molecule has 0 amide bonds. The molecule has 0 bridgehead atoms. The monoisotopic (exact) mass is 260 g/mol. The Labute approximate surface area is 113 Å². The smallest absolute Gasteiger partial charge is 0.230 e.